The van der Waals surface area contributed by atoms with Gasteiger partial charge in [-0.15, -0.1) is 0 Å². The largest absolute Gasteiger partial charge is 0.355 e. The van der Waals surface area contributed by atoms with Crippen LogP contribution in [0.4, 0.5) is 0 Å². The number of aromatic amines is 2. The van der Waals surface area contributed by atoms with Gasteiger partial charge in [-0.3, -0.25) is 0 Å². The Kier molecular flexibility index (Phi) is 6.22. The molecule has 2 nitrogen and oxygen atoms in total. The van der Waals surface area contributed by atoms with Crippen LogP contribution in [0.5, 0.6) is 0 Å². The first-order valence-corrected chi connectivity index (χ1v) is 11.4. The molecule has 2 aromatic heterocycles. The van der Waals surface area contributed by atoms with Crippen molar-refractivity contribution in [2.45, 2.75) is 0 Å². The number of aromatic nitrogens is 2. The lowest BCUT2D eigenvalue weighted by molar-refractivity contribution is 1.55. The van der Waals surface area contributed by atoms with Crippen LogP contribution < -0.4 is 0 Å². The van der Waals surface area contributed by atoms with Crippen LogP contribution in [0.1, 0.15) is 5.56 Å². The van der Waals surface area contributed by atoms with Gasteiger partial charge in [0.05, 0.1) is 0 Å². The van der Waals surface area contributed by atoms with Gasteiger partial charge in [0, 0.05) is 43.6 Å². The maximum Gasteiger partial charge on any atom is 0.0464 e. The minimum atomic E-state index is 1.17. The number of hydrogen-bond donors (Lipinski definition) is 2. The fourth-order valence-electron chi connectivity index (χ4n) is 4.19. The zero-order valence-corrected chi connectivity index (χ0v) is 18.9. The maximum absolute atomic E-state index is 3.63. The van der Waals surface area contributed by atoms with Gasteiger partial charge in [0.25, 0.3) is 0 Å². The number of hydrogen-bond acceptors (Lipinski definition) is 0. The molecule has 2 heterocycles. The zero-order chi connectivity index (χ0) is 23.2. The highest BCUT2D eigenvalue weighted by molar-refractivity contribution is 6.07. The number of para-hydroxylation sites is 4. The first kappa shape index (κ1) is 21.3. The van der Waals surface area contributed by atoms with E-state index < -0.39 is 0 Å². The van der Waals surface area contributed by atoms with E-state index in [4.69, 9.17) is 0 Å². The number of H-pyrrole nitrogens is 2. The van der Waals surface area contributed by atoms with Crippen molar-refractivity contribution >= 4 is 49.7 Å². The summed E-state index contributed by atoms with van der Waals surface area (Å²) in [7, 11) is 0. The van der Waals surface area contributed by atoms with Crippen LogP contribution in [0.2, 0.25) is 0 Å². The highest BCUT2D eigenvalue weighted by atomic mass is 14.7. The third kappa shape index (κ3) is 4.48. The number of fused-ring (bicyclic) bond motifs is 6. The molecule has 7 aromatic rings. The van der Waals surface area contributed by atoms with Crippen molar-refractivity contribution < 1.29 is 0 Å². The van der Waals surface area contributed by atoms with Gasteiger partial charge in [-0.05, 0) is 29.8 Å². The van der Waals surface area contributed by atoms with Crippen molar-refractivity contribution in [3.8, 4) is 0 Å². The molecule has 0 fully saturated rings. The van der Waals surface area contributed by atoms with E-state index in [2.05, 4.69) is 114 Å². The summed E-state index contributed by atoms with van der Waals surface area (Å²) in [4.78, 5) is 6.76. The normalized spacial score (nSPS) is 10.5. The molecule has 7 rings (SSSR count). The highest BCUT2D eigenvalue weighted by Crippen LogP contribution is 2.25. The molecule has 0 atom stereocenters. The van der Waals surface area contributed by atoms with Crippen LogP contribution in [0, 0.1) is 0 Å². The molecule has 2 N–H and O–H groups in total. The number of rotatable bonds is 1. The molecule has 0 unspecified atom stereocenters. The van der Waals surface area contributed by atoms with E-state index in [0.29, 0.717) is 0 Å². The summed E-state index contributed by atoms with van der Waals surface area (Å²) in [6.45, 7) is 3.63. The smallest absolute Gasteiger partial charge is 0.0464 e. The summed E-state index contributed by atoms with van der Waals surface area (Å²) in [5.41, 5.74) is 6.02. The van der Waals surface area contributed by atoms with Crippen LogP contribution in [0.15, 0.2) is 134 Å². The van der Waals surface area contributed by atoms with E-state index >= 15 is 0 Å². The van der Waals surface area contributed by atoms with Gasteiger partial charge in [0.1, 0.15) is 0 Å². The second kappa shape index (κ2) is 9.93. The number of nitrogens with one attached hydrogen (secondary N) is 2. The molecular weight excluding hydrogens is 412 g/mol. The van der Waals surface area contributed by atoms with E-state index in [-0.39, 0.29) is 0 Å². The van der Waals surface area contributed by atoms with Crippen LogP contribution in [0.3, 0.4) is 0 Å². The Balaban J connectivity index is 0.000000110. The van der Waals surface area contributed by atoms with Crippen LogP contribution in [0.25, 0.3) is 49.7 Å². The Hall–Kier alpha value is -4.56. The van der Waals surface area contributed by atoms with Gasteiger partial charge < -0.3 is 9.97 Å². The average molecular weight is 439 g/mol. The molecule has 2 heteroatoms. The predicted molar refractivity (Wildman–Crippen MR) is 148 cm³/mol. The highest BCUT2D eigenvalue weighted by Gasteiger charge is 2.01. The summed E-state index contributed by atoms with van der Waals surface area (Å²) in [5.74, 6) is 0. The molecule has 0 aliphatic heterocycles. The number of benzene rings is 5. The van der Waals surface area contributed by atoms with Crippen molar-refractivity contribution in [2.24, 2.45) is 0 Å². The maximum atomic E-state index is 3.63. The minimum absolute atomic E-state index is 1.17. The molecule has 0 amide bonds. The molecular formula is C32H26N2. The Morgan fingerprint density at radius 2 is 0.676 bits per heavy atom. The lowest BCUT2D eigenvalue weighted by Crippen LogP contribution is -1.63. The SMILES string of the molecule is C=Cc1ccccc1.c1ccc2c(c1)[nH]c1ccccc12.c1ccc2c(c1)[nH]c1ccccc12. The van der Waals surface area contributed by atoms with Crippen molar-refractivity contribution in [2.75, 3.05) is 0 Å². The lowest BCUT2D eigenvalue weighted by Gasteiger charge is -1.87. The molecule has 0 spiro atoms. The fourth-order valence-corrected chi connectivity index (χ4v) is 4.19. The zero-order valence-electron chi connectivity index (χ0n) is 18.9. The summed E-state index contributed by atoms with van der Waals surface area (Å²) in [6.07, 6.45) is 1.83. The molecule has 0 radical (unpaired) electrons. The Labute approximate surface area is 199 Å². The molecule has 0 bridgehead atoms. The van der Waals surface area contributed by atoms with Crippen molar-refractivity contribution in [1.29, 1.82) is 0 Å². The minimum Gasteiger partial charge on any atom is -0.355 e. The van der Waals surface area contributed by atoms with Gasteiger partial charge in [-0.1, -0.05) is 116 Å². The van der Waals surface area contributed by atoms with E-state index in [1.807, 2.05) is 36.4 Å². The van der Waals surface area contributed by atoms with Crippen molar-refractivity contribution in [1.82, 2.24) is 9.97 Å². The quantitative estimate of drug-likeness (QED) is 0.256. The predicted octanol–water partition coefficient (Wildman–Crippen LogP) is 8.97. The van der Waals surface area contributed by atoms with Gasteiger partial charge in [-0.2, -0.15) is 0 Å². The van der Waals surface area contributed by atoms with Crippen molar-refractivity contribution in [3.05, 3.63) is 140 Å². The van der Waals surface area contributed by atoms with Gasteiger partial charge in [-0.25, -0.2) is 0 Å². The van der Waals surface area contributed by atoms with Gasteiger partial charge >= 0.3 is 0 Å². The van der Waals surface area contributed by atoms with Crippen LogP contribution in [-0.2, 0) is 0 Å². The second-order valence-electron chi connectivity index (χ2n) is 8.05. The monoisotopic (exact) mass is 438 g/mol. The van der Waals surface area contributed by atoms with Crippen LogP contribution in [-0.4, -0.2) is 9.97 Å². The average Bonchev–Trinajstić information content (AvgIpc) is 3.48. The third-order valence-corrected chi connectivity index (χ3v) is 5.86. The molecule has 34 heavy (non-hydrogen) atoms. The summed E-state index contributed by atoms with van der Waals surface area (Å²) in [5, 5.41) is 5.22. The first-order valence-electron chi connectivity index (χ1n) is 11.4. The topological polar surface area (TPSA) is 31.6 Å². The molecule has 0 saturated carbocycles. The van der Waals surface area contributed by atoms with Crippen molar-refractivity contribution in [3.63, 3.8) is 0 Å². The lowest BCUT2D eigenvalue weighted by atomic mass is 10.2. The third-order valence-electron chi connectivity index (χ3n) is 5.86. The Morgan fingerprint density at radius 1 is 0.382 bits per heavy atom. The molecule has 164 valence electrons. The Bertz CT molecular complexity index is 1460. The van der Waals surface area contributed by atoms with E-state index in [1.54, 1.807) is 0 Å². The van der Waals surface area contributed by atoms with E-state index in [0.717, 1.165) is 0 Å². The standard InChI is InChI=1S/2C12H9N.C8H8/c2*1-3-7-11-9(5-1)10-6-2-4-8-12(10)13-11;1-2-8-6-4-3-5-7-8/h2*1-8,13H;2-7H,1H2. The van der Waals surface area contributed by atoms with Crippen LogP contribution >= 0.6 is 0 Å². The molecule has 0 saturated heterocycles. The summed E-state index contributed by atoms with van der Waals surface area (Å²) < 4.78 is 0. The second-order valence-corrected chi connectivity index (χ2v) is 8.05. The summed E-state index contributed by atoms with van der Waals surface area (Å²) >= 11 is 0. The first-order chi connectivity index (χ1) is 16.8. The summed E-state index contributed by atoms with van der Waals surface area (Å²) in [6, 6.07) is 43.5. The van der Waals surface area contributed by atoms with Gasteiger partial charge in [0.2, 0.25) is 0 Å². The molecule has 0 aliphatic rings. The Morgan fingerprint density at radius 3 is 0.971 bits per heavy atom. The van der Waals surface area contributed by atoms with E-state index in [1.165, 1.54) is 49.2 Å². The van der Waals surface area contributed by atoms with E-state index in [9.17, 15) is 0 Å². The molecule has 0 aliphatic carbocycles. The van der Waals surface area contributed by atoms with Gasteiger partial charge in [0.15, 0.2) is 0 Å². The molecule has 5 aromatic carbocycles. The fraction of sp³-hybridized carbons (Fsp3) is 0.